The van der Waals surface area contributed by atoms with Gasteiger partial charge in [-0.1, -0.05) is 30.3 Å². The van der Waals surface area contributed by atoms with Gasteiger partial charge in [0.25, 0.3) is 0 Å². The molecule has 6 heteroatoms. The molecule has 0 radical (unpaired) electrons. The van der Waals surface area contributed by atoms with Gasteiger partial charge in [0.1, 0.15) is 5.75 Å². The Morgan fingerprint density at radius 1 is 0.971 bits per heavy atom. The highest BCUT2D eigenvalue weighted by molar-refractivity contribution is 7.80. The van der Waals surface area contributed by atoms with Crippen LogP contribution >= 0.6 is 12.2 Å². The lowest BCUT2D eigenvalue weighted by molar-refractivity contribution is 0.310. The number of methoxy groups -OCH3 is 1. The number of aryl methyl sites for hydroxylation is 2. The molecule has 35 heavy (non-hydrogen) atoms. The second-order valence-electron chi connectivity index (χ2n) is 9.10. The molecule has 0 aliphatic carbocycles. The van der Waals surface area contributed by atoms with Crippen molar-refractivity contribution in [1.29, 1.82) is 0 Å². The molecule has 1 aliphatic heterocycles. The first kappa shape index (κ1) is 23.1. The molecule has 1 fully saturated rings. The molecule has 2 aromatic carbocycles. The fourth-order valence-electron chi connectivity index (χ4n) is 5.09. The molecular formula is C29H30N4OS. The molecule has 1 aliphatic rings. The van der Waals surface area contributed by atoms with Crippen molar-refractivity contribution in [2.24, 2.45) is 0 Å². The number of hydrogen-bond donors (Lipinski definition) is 1. The van der Waals surface area contributed by atoms with Crippen LogP contribution in [0.25, 0.3) is 5.69 Å². The van der Waals surface area contributed by atoms with Crippen LogP contribution in [-0.4, -0.2) is 26.7 Å². The Morgan fingerprint density at radius 3 is 2.46 bits per heavy atom. The van der Waals surface area contributed by atoms with E-state index in [4.69, 9.17) is 21.9 Å². The molecule has 1 saturated heterocycles. The number of aromatic nitrogens is 2. The van der Waals surface area contributed by atoms with Crippen molar-refractivity contribution in [3.8, 4) is 11.4 Å². The van der Waals surface area contributed by atoms with E-state index in [2.05, 4.69) is 84.1 Å². The quantitative estimate of drug-likeness (QED) is 0.343. The molecule has 0 saturated carbocycles. The second-order valence-corrected chi connectivity index (χ2v) is 9.49. The maximum Gasteiger partial charge on any atom is 0.170 e. The Bertz CT molecular complexity index is 1350. The molecule has 0 bridgehead atoms. The highest BCUT2D eigenvalue weighted by Gasteiger charge is 2.41. The lowest BCUT2D eigenvalue weighted by Gasteiger charge is -2.28. The molecule has 3 heterocycles. The zero-order valence-electron chi connectivity index (χ0n) is 20.5. The van der Waals surface area contributed by atoms with E-state index in [1.165, 1.54) is 33.8 Å². The minimum atomic E-state index is -0.0478. The van der Waals surface area contributed by atoms with Gasteiger partial charge in [-0.05, 0) is 92.1 Å². The van der Waals surface area contributed by atoms with Crippen molar-refractivity contribution >= 4 is 17.3 Å². The summed E-state index contributed by atoms with van der Waals surface area (Å²) < 4.78 is 7.68. The van der Waals surface area contributed by atoms with Crippen molar-refractivity contribution in [3.63, 3.8) is 0 Å². The number of ether oxygens (including phenoxy) is 1. The summed E-state index contributed by atoms with van der Waals surface area (Å²) >= 11 is 5.89. The van der Waals surface area contributed by atoms with Crippen LogP contribution in [0.5, 0.6) is 5.75 Å². The van der Waals surface area contributed by atoms with Gasteiger partial charge in [0.2, 0.25) is 0 Å². The summed E-state index contributed by atoms with van der Waals surface area (Å²) in [4.78, 5) is 6.98. The zero-order chi connectivity index (χ0) is 24.5. The molecule has 4 aromatic rings. The van der Waals surface area contributed by atoms with E-state index >= 15 is 0 Å². The SMILES string of the molecule is COc1ccc(CN2C(=S)N[C@H](c3ccccn3)[C@@H]2c2cc(C)n(-c3cccc(C)c3)c2C)cc1. The van der Waals surface area contributed by atoms with Gasteiger partial charge < -0.3 is 19.5 Å². The van der Waals surface area contributed by atoms with Crippen molar-refractivity contribution in [2.45, 2.75) is 39.4 Å². The van der Waals surface area contributed by atoms with Gasteiger partial charge in [-0.15, -0.1) is 0 Å². The monoisotopic (exact) mass is 482 g/mol. The molecular weight excluding hydrogens is 452 g/mol. The van der Waals surface area contributed by atoms with Crippen molar-refractivity contribution in [2.75, 3.05) is 7.11 Å². The Morgan fingerprint density at radius 2 is 1.77 bits per heavy atom. The summed E-state index contributed by atoms with van der Waals surface area (Å²) in [6.07, 6.45) is 1.85. The summed E-state index contributed by atoms with van der Waals surface area (Å²) in [7, 11) is 1.69. The fraction of sp³-hybridized carbons (Fsp3) is 0.241. The maximum atomic E-state index is 5.89. The van der Waals surface area contributed by atoms with E-state index in [1.807, 2.05) is 30.5 Å². The lowest BCUT2D eigenvalue weighted by Crippen LogP contribution is -2.29. The van der Waals surface area contributed by atoms with Gasteiger partial charge in [-0.3, -0.25) is 4.98 Å². The van der Waals surface area contributed by atoms with E-state index < -0.39 is 0 Å². The predicted octanol–water partition coefficient (Wildman–Crippen LogP) is 5.98. The number of hydrogen-bond acceptors (Lipinski definition) is 3. The van der Waals surface area contributed by atoms with Crippen molar-refractivity contribution < 1.29 is 4.74 Å². The molecule has 0 spiro atoms. The molecule has 0 unspecified atom stereocenters. The summed E-state index contributed by atoms with van der Waals surface area (Å²) in [6.45, 7) is 7.19. The van der Waals surface area contributed by atoms with E-state index in [0.717, 1.165) is 16.6 Å². The average molecular weight is 483 g/mol. The van der Waals surface area contributed by atoms with E-state index in [9.17, 15) is 0 Å². The van der Waals surface area contributed by atoms with Crippen LogP contribution < -0.4 is 10.1 Å². The number of pyridine rings is 1. The minimum Gasteiger partial charge on any atom is -0.497 e. The fourth-order valence-corrected chi connectivity index (χ4v) is 5.40. The molecule has 2 aromatic heterocycles. The Hall–Kier alpha value is -3.64. The third-order valence-electron chi connectivity index (χ3n) is 6.76. The third-order valence-corrected chi connectivity index (χ3v) is 7.11. The van der Waals surface area contributed by atoms with E-state index in [1.54, 1.807) is 7.11 Å². The van der Waals surface area contributed by atoms with Crippen molar-refractivity contribution in [3.05, 3.63) is 113 Å². The molecule has 178 valence electrons. The highest BCUT2D eigenvalue weighted by Crippen LogP contribution is 2.42. The van der Waals surface area contributed by atoms with Gasteiger partial charge in [0.05, 0.1) is 24.9 Å². The molecule has 2 atom stereocenters. The first-order valence-corrected chi connectivity index (χ1v) is 12.2. The average Bonchev–Trinajstić information content (AvgIpc) is 3.34. The summed E-state index contributed by atoms with van der Waals surface area (Å²) in [6, 6.07) is 25.1. The zero-order valence-corrected chi connectivity index (χ0v) is 21.3. The number of rotatable bonds is 6. The smallest absolute Gasteiger partial charge is 0.170 e. The largest absolute Gasteiger partial charge is 0.497 e. The van der Waals surface area contributed by atoms with Crippen LogP contribution in [0.4, 0.5) is 0 Å². The number of nitrogens with one attached hydrogen (secondary N) is 1. The van der Waals surface area contributed by atoms with Gasteiger partial charge in [0.15, 0.2) is 5.11 Å². The topological polar surface area (TPSA) is 42.3 Å². The van der Waals surface area contributed by atoms with Crippen LogP contribution in [0, 0.1) is 20.8 Å². The predicted molar refractivity (Wildman–Crippen MR) is 144 cm³/mol. The standard InChI is InChI=1S/C29H30N4OS/c1-19-8-7-9-23(16-19)33-20(2)17-25(21(33)3)28-27(26-10-5-6-15-30-26)31-29(35)32(28)18-22-11-13-24(34-4)14-12-22/h5-17,27-28H,18H2,1-4H3,(H,31,35)/t27-,28+/m1/s1. The number of thiocarbonyl (C=S) groups is 1. The van der Waals surface area contributed by atoms with Gasteiger partial charge in [-0.2, -0.15) is 0 Å². The molecule has 5 nitrogen and oxygen atoms in total. The molecule has 1 N–H and O–H groups in total. The Labute approximate surface area is 212 Å². The maximum absolute atomic E-state index is 5.89. The third kappa shape index (κ3) is 4.42. The summed E-state index contributed by atoms with van der Waals surface area (Å²) in [5.41, 5.74) is 8.24. The van der Waals surface area contributed by atoms with E-state index in [-0.39, 0.29) is 12.1 Å². The Kier molecular flexibility index (Phi) is 6.31. The van der Waals surface area contributed by atoms with Crippen molar-refractivity contribution in [1.82, 2.24) is 19.8 Å². The van der Waals surface area contributed by atoms with Gasteiger partial charge in [-0.25, -0.2) is 0 Å². The molecule has 5 rings (SSSR count). The van der Waals surface area contributed by atoms with Gasteiger partial charge >= 0.3 is 0 Å². The minimum absolute atomic E-state index is 0.00395. The first-order chi connectivity index (χ1) is 17.0. The Balaban J connectivity index is 1.60. The van der Waals surface area contributed by atoms with E-state index in [0.29, 0.717) is 6.54 Å². The number of nitrogens with zero attached hydrogens (tertiary/aromatic N) is 3. The summed E-state index contributed by atoms with van der Waals surface area (Å²) in [5, 5.41) is 4.32. The van der Waals surface area contributed by atoms with Crippen LogP contribution in [0.3, 0.4) is 0 Å². The second kappa shape index (κ2) is 9.55. The number of benzene rings is 2. The summed E-state index contributed by atoms with van der Waals surface area (Å²) in [5.74, 6) is 0.848. The first-order valence-electron chi connectivity index (χ1n) is 11.8. The normalized spacial score (nSPS) is 17.5. The van der Waals surface area contributed by atoms with Crippen LogP contribution in [0.15, 0.2) is 79.0 Å². The van der Waals surface area contributed by atoms with Crippen LogP contribution in [0.1, 0.15) is 45.9 Å². The van der Waals surface area contributed by atoms with Gasteiger partial charge in [0, 0.05) is 29.8 Å². The molecule has 0 amide bonds. The lowest BCUT2D eigenvalue weighted by atomic mass is 9.96. The highest BCUT2D eigenvalue weighted by atomic mass is 32.1. The van der Waals surface area contributed by atoms with Crippen LogP contribution in [-0.2, 0) is 6.54 Å². The van der Waals surface area contributed by atoms with Crippen LogP contribution in [0.2, 0.25) is 0 Å².